The van der Waals surface area contributed by atoms with Gasteiger partial charge in [-0.3, -0.25) is 9.98 Å². The van der Waals surface area contributed by atoms with Gasteiger partial charge in [-0.05, 0) is 61.7 Å². The monoisotopic (exact) mass is 384 g/mol. The lowest BCUT2D eigenvalue weighted by molar-refractivity contribution is 0.995. The van der Waals surface area contributed by atoms with Crippen molar-refractivity contribution in [2.75, 3.05) is 0 Å². The van der Waals surface area contributed by atoms with Gasteiger partial charge >= 0.3 is 0 Å². The van der Waals surface area contributed by atoms with Crippen molar-refractivity contribution in [3.05, 3.63) is 49.3 Å². The zero-order valence-corrected chi connectivity index (χ0v) is 14.9. The second-order valence-corrected chi connectivity index (χ2v) is 6.53. The van der Waals surface area contributed by atoms with E-state index >= 15 is 0 Å². The number of rotatable bonds is 4. The molecule has 0 unspecified atom stereocenters. The molecule has 0 aliphatic heterocycles. The fraction of sp³-hybridized carbons (Fsp3) is 0.333. The number of aliphatic imine (C=N–C) groups is 1. The third kappa shape index (κ3) is 4.39. The highest BCUT2D eigenvalue weighted by Crippen LogP contribution is 2.25. The van der Waals surface area contributed by atoms with Crippen LogP contribution in [0, 0.1) is 13.8 Å². The Bertz CT molecular complexity index is 530. The SMILES string of the molecule is C=N/C=C(C)\C(Cc1cc(Br)c(C)c(C)n1)=C(/C)Br. The smallest absolute Gasteiger partial charge is 0.0462 e. The first-order chi connectivity index (χ1) is 8.86. The molecular formula is C15H18Br2N2. The summed E-state index contributed by atoms with van der Waals surface area (Å²) in [4.78, 5) is 8.47. The van der Waals surface area contributed by atoms with Crippen LogP contribution < -0.4 is 0 Å². The topological polar surface area (TPSA) is 25.2 Å². The molecule has 0 fully saturated rings. The van der Waals surface area contributed by atoms with Crippen molar-refractivity contribution in [2.24, 2.45) is 4.99 Å². The van der Waals surface area contributed by atoms with Crippen LogP contribution in [-0.4, -0.2) is 11.7 Å². The summed E-state index contributed by atoms with van der Waals surface area (Å²) in [5.41, 5.74) is 5.57. The predicted molar refractivity (Wildman–Crippen MR) is 90.0 cm³/mol. The lowest BCUT2D eigenvalue weighted by Crippen LogP contribution is -2.00. The van der Waals surface area contributed by atoms with Gasteiger partial charge in [-0.25, -0.2) is 0 Å². The first kappa shape index (κ1) is 16.3. The maximum Gasteiger partial charge on any atom is 0.0462 e. The van der Waals surface area contributed by atoms with Crippen LogP contribution in [0.4, 0.5) is 0 Å². The number of hydrogen-bond donors (Lipinski definition) is 0. The van der Waals surface area contributed by atoms with E-state index in [9.17, 15) is 0 Å². The summed E-state index contributed by atoms with van der Waals surface area (Å²) in [6, 6.07) is 2.08. The van der Waals surface area contributed by atoms with Crippen LogP contribution in [0.25, 0.3) is 0 Å². The van der Waals surface area contributed by atoms with Gasteiger partial charge in [0.05, 0.1) is 0 Å². The minimum absolute atomic E-state index is 0.772. The van der Waals surface area contributed by atoms with E-state index in [0.29, 0.717) is 0 Å². The van der Waals surface area contributed by atoms with E-state index in [0.717, 1.165) is 32.3 Å². The molecule has 0 aliphatic rings. The van der Waals surface area contributed by atoms with Crippen molar-refractivity contribution in [3.8, 4) is 0 Å². The number of allylic oxidation sites excluding steroid dienone is 3. The van der Waals surface area contributed by atoms with Crippen LogP contribution >= 0.6 is 31.9 Å². The first-order valence-electron chi connectivity index (χ1n) is 5.97. The minimum Gasteiger partial charge on any atom is -0.272 e. The van der Waals surface area contributed by atoms with E-state index in [1.54, 1.807) is 6.20 Å². The van der Waals surface area contributed by atoms with Gasteiger partial charge in [-0.1, -0.05) is 31.9 Å². The molecule has 1 aromatic heterocycles. The molecule has 0 bridgehead atoms. The lowest BCUT2D eigenvalue weighted by atomic mass is 10.0. The van der Waals surface area contributed by atoms with Gasteiger partial charge in [0.15, 0.2) is 0 Å². The minimum atomic E-state index is 0.772. The van der Waals surface area contributed by atoms with Crippen LogP contribution in [0.3, 0.4) is 0 Å². The molecule has 0 N–H and O–H groups in total. The standard InChI is InChI=1S/C15H18Br2N2/c1-9(8-18-5)14(11(3)16)6-13-7-15(17)10(2)12(4)19-13/h7-8H,5-6H2,1-4H3/b9-8-,14-11+. The van der Waals surface area contributed by atoms with Gasteiger partial charge in [0, 0.05) is 28.5 Å². The average molecular weight is 386 g/mol. The molecule has 0 radical (unpaired) electrons. The number of halogens is 2. The van der Waals surface area contributed by atoms with Crippen LogP contribution in [-0.2, 0) is 6.42 Å². The van der Waals surface area contributed by atoms with Gasteiger partial charge < -0.3 is 0 Å². The Balaban J connectivity index is 3.16. The second-order valence-electron chi connectivity index (χ2n) is 4.49. The number of aryl methyl sites for hydroxylation is 1. The van der Waals surface area contributed by atoms with Crippen molar-refractivity contribution in [2.45, 2.75) is 34.1 Å². The van der Waals surface area contributed by atoms with E-state index in [4.69, 9.17) is 0 Å². The molecule has 0 amide bonds. The zero-order chi connectivity index (χ0) is 14.6. The van der Waals surface area contributed by atoms with Crippen molar-refractivity contribution in [3.63, 3.8) is 0 Å². The molecule has 1 aromatic rings. The Labute approximate surface area is 132 Å². The highest BCUT2D eigenvalue weighted by Gasteiger charge is 2.09. The molecule has 4 heteroatoms. The summed E-state index contributed by atoms with van der Waals surface area (Å²) >= 11 is 7.14. The Morgan fingerprint density at radius 1 is 1.42 bits per heavy atom. The summed E-state index contributed by atoms with van der Waals surface area (Å²) in [6.45, 7) is 11.7. The van der Waals surface area contributed by atoms with Crippen molar-refractivity contribution in [1.29, 1.82) is 0 Å². The van der Waals surface area contributed by atoms with Gasteiger partial charge in [0.2, 0.25) is 0 Å². The highest BCUT2D eigenvalue weighted by atomic mass is 79.9. The molecule has 0 aliphatic carbocycles. The molecule has 0 atom stereocenters. The Kier molecular flexibility index (Phi) is 6.14. The molecule has 0 aromatic carbocycles. The second kappa shape index (κ2) is 7.15. The molecule has 19 heavy (non-hydrogen) atoms. The van der Waals surface area contributed by atoms with Crippen molar-refractivity contribution >= 4 is 38.6 Å². The molecule has 2 nitrogen and oxygen atoms in total. The molecule has 1 rings (SSSR count). The Morgan fingerprint density at radius 2 is 2.05 bits per heavy atom. The van der Waals surface area contributed by atoms with E-state index < -0.39 is 0 Å². The first-order valence-corrected chi connectivity index (χ1v) is 7.56. The largest absolute Gasteiger partial charge is 0.272 e. The number of hydrogen-bond acceptors (Lipinski definition) is 2. The zero-order valence-electron chi connectivity index (χ0n) is 11.7. The third-order valence-electron chi connectivity index (χ3n) is 3.04. The van der Waals surface area contributed by atoms with Gasteiger partial charge in [0.25, 0.3) is 0 Å². The van der Waals surface area contributed by atoms with Gasteiger partial charge in [-0.15, -0.1) is 0 Å². The predicted octanol–water partition coefficient (Wildman–Crippen LogP) is 5.28. The molecule has 0 saturated heterocycles. The van der Waals surface area contributed by atoms with E-state index in [2.05, 4.69) is 61.5 Å². The van der Waals surface area contributed by atoms with Gasteiger partial charge in [-0.2, -0.15) is 0 Å². The fourth-order valence-electron chi connectivity index (χ4n) is 1.78. The summed E-state index contributed by atoms with van der Waals surface area (Å²) in [7, 11) is 0. The summed E-state index contributed by atoms with van der Waals surface area (Å²) in [5.74, 6) is 0. The molecule has 1 heterocycles. The Hall–Kier alpha value is -0.740. The number of aromatic nitrogens is 1. The van der Waals surface area contributed by atoms with Crippen LogP contribution in [0.1, 0.15) is 30.8 Å². The molecule has 0 saturated carbocycles. The quantitative estimate of drug-likeness (QED) is 0.511. The molecule has 102 valence electrons. The summed E-state index contributed by atoms with van der Waals surface area (Å²) < 4.78 is 2.20. The normalized spacial score (nSPS) is 13.3. The van der Waals surface area contributed by atoms with Crippen LogP contribution in [0.5, 0.6) is 0 Å². The fourth-order valence-corrected chi connectivity index (χ4v) is 2.78. The number of pyridine rings is 1. The summed E-state index contributed by atoms with van der Waals surface area (Å²) in [6.07, 6.45) is 2.55. The number of nitrogens with zero attached hydrogens (tertiary/aromatic N) is 2. The van der Waals surface area contributed by atoms with E-state index in [1.807, 2.05) is 20.8 Å². The molecular weight excluding hydrogens is 368 g/mol. The third-order valence-corrected chi connectivity index (χ3v) is 4.34. The lowest BCUT2D eigenvalue weighted by Gasteiger charge is -2.11. The maximum atomic E-state index is 4.64. The van der Waals surface area contributed by atoms with E-state index in [-0.39, 0.29) is 0 Å². The van der Waals surface area contributed by atoms with Crippen LogP contribution in [0.2, 0.25) is 0 Å². The van der Waals surface area contributed by atoms with Crippen LogP contribution in [0.15, 0.2) is 37.4 Å². The average Bonchev–Trinajstić information content (AvgIpc) is 2.32. The highest BCUT2D eigenvalue weighted by molar-refractivity contribution is 9.11. The Morgan fingerprint density at radius 3 is 2.53 bits per heavy atom. The summed E-state index contributed by atoms with van der Waals surface area (Å²) in [5, 5.41) is 0. The van der Waals surface area contributed by atoms with Crippen molar-refractivity contribution in [1.82, 2.24) is 4.98 Å². The van der Waals surface area contributed by atoms with Gasteiger partial charge in [0.1, 0.15) is 0 Å². The van der Waals surface area contributed by atoms with E-state index in [1.165, 1.54) is 11.1 Å². The maximum absolute atomic E-state index is 4.64. The molecule has 0 spiro atoms. The van der Waals surface area contributed by atoms with Crippen molar-refractivity contribution < 1.29 is 0 Å².